The molecule has 0 aliphatic rings. The van der Waals surface area contributed by atoms with E-state index < -0.39 is 0 Å². The van der Waals surface area contributed by atoms with E-state index in [9.17, 15) is 4.79 Å². The first-order valence-electron chi connectivity index (χ1n) is 5.22. The van der Waals surface area contributed by atoms with E-state index in [1.807, 2.05) is 30.3 Å². The predicted molar refractivity (Wildman–Crippen MR) is 65.6 cm³/mol. The summed E-state index contributed by atoms with van der Waals surface area (Å²) in [6.45, 7) is 0. The topological polar surface area (TPSA) is 58.6 Å². The van der Waals surface area contributed by atoms with Crippen LogP contribution in [0, 0.1) is 0 Å². The molecule has 0 bridgehead atoms. The van der Waals surface area contributed by atoms with Crippen LogP contribution in [-0.2, 0) is 0 Å². The molecule has 82 valence electrons. The van der Waals surface area contributed by atoms with Crippen LogP contribution in [0.5, 0.6) is 0 Å². The summed E-state index contributed by atoms with van der Waals surface area (Å²) in [4.78, 5) is 22.4. The van der Waals surface area contributed by atoms with E-state index in [4.69, 9.17) is 0 Å². The third kappa shape index (κ3) is 1.69. The van der Waals surface area contributed by atoms with Crippen molar-refractivity contribution in [3.8, 4) is 11.1 Å². The number of rotatable bonds is 1. The molecule has 0 fully saturated rings. The maximum Gasteiger partial charge on any atom is 0.258 e. The minimum absolute atomic E-state index is 0.124. The first kappa shape index (κ1) is 9.72. The van der Waals surface area contributed by atoms with E-state index in [0.29, 0.717) is 10.9 Å². The van der Waals surface area contributed by atoms with Gasteiger partial charge in [-0.25, -0.2) is 4.98 Å². The van der Waals surface area contributed by atoms with Crippen LogP contribution < -0.4 is 5.56 Å². The van der Waals surface area contributed by atoms with Crippen LogP contribution in [0.15, 0.2) is 53.8 Å². The fraction of sp³-hybridized carbons (Fsp3) is 0. The number of H-pyrrole nitrogens is 1. The molecule has 3 rings (SSSR count). The van der Waals surface area contributed by atoms with Crippen LogP contribution >= 0.6 is 0 Å². The van der Waals surface area contributed by atoms with Crippen molar-refractivity contribution in [3.05, 3.63) is 59.4 Å². The predicted octanol–water partition coefficient (Wildman–Crippen LogP) is 1.99. The average Bonchev–Trinajstić information content (AvgIpc) is 2.40. The van der Waals surface area contributed by atoms with E-state index in [1.165, 1.54) is 6.33 Å². The number of benzene rings is 1. The Kier molecular flexibility index (Phi) is 2.19. The molecule has 0 radical (unpaired) electrons. The third-order valence-electron chi connectivity index (χ3n) is 2.64. The zero-order chi connectivity index (χ0) is 11.7. The van der Waals surface area contributed by atoms with E-state index in [2.05, 4.69) is 15.0 Å². The molecule has 1 N–H and O–H groups in total. The quantitative estimate of drug-likeness (QED) is 0.686. The molecular weight excluding hydrogens is 214 g/mol. The Bertz CT molecular complexity index is 719. The van der Waals surface area contributed by atoms with Crippen LogP contribution in [-0.4, -0.2) is 15.0 Å². The van der Waals surface area contributed by atoms with Crippen molar-refractivity contribution < 1.29 is 0 Å². The Labute approximate surface area is 97.0 Å². The lowest BCUT2D eigenvalue weighted by Gasteiger charge is -2.02. The number of nitrogens with one attached hydrogen (secondary N) is 1. The highest BCUT2D eigenvalue weighted by molar-refractivity contribution is 5.83. The Morgan fingerprint density at radius 2 is 2.06 bits per heavy atom. The summed E-state index contributed by atoms with van der Waals surface area (Å²) in [6.07, 6.45) is 4.90. The Morgan fingerprint density at radius 1 is 1.12 bits per heavy atom. The van der Waals surface area contributed by atoms with Gasteiger partial charge in [0.05, 0.1) is 17.2 Å². The second-order valence-electron chi connectivity index (χ2n) is 3.71. The highest BCUT2D eigenvalue weighted by Crippen LogP contribution is 2.20. The third-order valence-corrected chi connectivity index (χ3v) is 2.64. The normalized spacial score (nSPS) is 10.6. The maximum absolute atomic E-state index is 11.7. The van der Waals surface area contributed by atoms with Gasteiger partial charge in [0, 0.05) is 18.0 Å². The smallest absolute Gasteiger partial charge is 0.258 e. The fourth-order valence-electron chi connectivity index (χ4n) is 1.78. The van der Waals surface area contributed by atoms with Crippen LogP contribution in [0.2, 0.25) is 0 Å². The number of hydrogen-bond acceptors (Lipinski definition) is 3. The molecule has 0 aliphatic heterocycles. The molecule has 2 heterocycles. The van der Waals surface area contributed by atoms with Gasteiger partial charge in [-0.3, -0.25) is 9.78 Å². The number of aromatic amines is 1. The van der Waals surface area contributed by atoms with Gasteiger partial charge in [-0.15, -0.1) is 0 Å². The Morgan fingerprint density at radius 3 is 2.88 bits per heavy atom. The van der Waals surface area contributed by atoms with Crippen molar-refractivity contribution in [2.45, 2.75) is 0 Å². The lowest BCUT2D eigenvalue weighted by atomic mass is 10.1. The number of fused-ring (bicyclic) bond motifs is 1. The molecule has 0 atom stereocenters. The van der Waals surface area contributed by atoms with E-state index >= 15 is 0 Å². The zero-order valence-electron chi connectivity index (χ0n) is 8.92. The molecule has 0 aliphatic carbocycles. The van der Waals surface area contributed by atoms with Crippen molar-refractivity contribution in [1.29, 1.82) is 0 Å². The van der Waals surface area contributed by atoms with Gasteiger partial charge >= 0.3 is 0 Å². The van der Waals surface area contributed by atoms with Crippen LogP contribution in [0.25, 0.3) is 22.0 Å². The summed E-state index contributed by atoms with van der Waals surface area (Å²) in [5.74, 6) is 0. The van der Waals surface area contributed by atoms with E-state index in [-0.39, 0.29) is 5.56 Å². The molecule has 0 unspecified atom stereocenters. The lowest BCUT2D eigenvalue weighted by molar-refractivity contribution is 1.17. The number of aromatic nitrogens is 3. The molecule has 0 saturated heterocycles. The molecule has 4 heteroatoms. The second-order valence-corrected chi connectivity index (χ2v) is 3.71. The van der Waals surface area contributed by atoms with Gasteiger partial charge in [0.15, 0.2) is 0 Å². The van der Waals surface area contributed by atoms with Crippen molar-refractivity contribution in [2.24, 2.45) is 0 Å². The van der Waals surface area contributed by atoms with Gasteiger partial charge in [0.25, 0.3) is 5.56 Å². The van der Waals surface area contributed by atoms with Gasteiger partial charge in [-0.1, -0.05) is 12.1 Å². The van der Waals surface area contributed by atoms with Crippen molar-refractivity contribution in [1.82, 2.24) is 15.0 Å². The highest BCUT2D eigenvalue weighted by Gasteiger charge is 2.02. The maximum atomic E-state index is 11.7. The number of nitrogens with zero attached hydrogens (tertiary/aromatic N) is 2. The second kappa shape index (κ2) is 3.83. The molecule has 17 heavy (non-hydrogen) atoms. The minimum atomic E-state index is -0.124. The summed E-state index contributed by atoms with van der Waals surface area (Å²) >= 11 is 0. The van der Waals surface area contributed by atoms with Gasteiger partial charge in [0.1, 0.15) is 0 Å². The largest absolute Gasteiger partial charge is 0.313 e. The van der Waals surface area contributed by atoms with Gasteiger partial charge in [-0.05, 0) is 23.8 Å². The Balaban J connectivity index is 2.27. The Hall–Kier alpha value is -2.49. The summed E-state index contributed by atoms with van der Waals surface area (Å²) in [5, 5.41) is 0.592. The fourth-order valence-corrected chi connectivity index (χ4v) is 1.78. The first-order chi connectivity index (χ1) is 8.34. The molecule has 2 aromatic heterocycles. The molecule has 4 nitrogen and oxygen atoms in total. The molecule has 1 aromatic carbocycles. The van der Waals surface area contributed by atoms with Gasteiger partial charge in [-0.2, -0.15) is 0 Å². The first-order valence-corrected chi connectivity index (χ1v) is 5.22. The molecule has 0 spiro atoms. The minimum Gasteiger partial charge on any atom is -0.313 e. The van der Waals surface area contributed by atoms with Crippen LogP contribution in [0.1, 0.15) is 0 Å². The molecule has 0 amide bonds. The zero-order valence-corrected chi connectivity index (χ0v) is 8.92. The number of hydrogen-bond donors (Lipinski definition) is 1. The van der Waals surface area contributed by atoms with Crippen molar-refractivity contribution >= 4 is 10.9 Å². The SMILES string of the molecule is O=c1[nH]cnc2ccc(-c3cccnc3)cc12. The van der Waals surface area contributed by atoms with Crippen molar-refractivity contribution in [3.63, 3.8) is 0 Å². The van der Waals surface area contributed by atoms with Crippen LogP contribution in [0.4, 0.5) is 0 Å². The summed E-state index contributed by atoms with van der Waals surface area (Å²) in [7, 11) is 0. The summed E-state index contributed by atoms with van der Waals surface area (Å²) < 4.78 is 0. The van der Waals surface area contributed by atoms with Crippen molar-refractivity contribution in [2.75, 3.05) is 0 Å². The summed E-state index contributed by atoms with van der Waals surface area (Å²) in [5.41, 5.74) is 2.52. The molecule has 0 saturated carbocycles. The average molecular weight is 223 g/mol. The monoisotopic (exact) mass is 223 g/mol. The highest BCUT2D eigenvalue weighted by atomic mass is 16.1. The van der Waals surface area contributed by atoms with E-state index in [0.717, 1.165) is 11.1 Å². The lowest BCUT2D eigenvalue weighted by Crippen LogP contribution is -2.05. The number of pyridine rings is 1. The summed E-state index contributed by atoms with van der Waals surface area (Å²) in [6, 6.07) is 9.43. The molecule has 3 aromatic rings. The van der Waals surface area contributed by atoms with E-state index in [1.54, 1.807) is 12.4 Å². The van der Waals surface area contributed by atoms with Crippen LogP contribution in [0.3, 0.4) is 0 Å². The van der Waals surface area contributed by atoms with Gasteiger partial charge < -0.3 is 4.98 Å². The standard InChI is InChI=1S/C13H9N3O/c17-13-11-6-9(10-2-1-5-14-7-10)3-4-12(11)15-8-16-13/h1-8H,(H,15,16,17). The van der Waals surface area contributed by atoms with Gasteiger partial charge in [0.2, 0.25) is 0 Å². The molecular formula is C13H9N3O.